The Morgan fingerprint density at radius 1 is 0.312 bits per heavy atom. The average Bonchev–Trinajstić information content (AvgIpc) is 3.53. The zero-order chi connectivity index (χ0) is 23.1. The van der Waals surface area contributed by atoms with Gasteiger partial charge in [0.25, 0.3) is 0 Å². The van der Waals surface area contributed by atoms with Crippen molar-refractivity contribution in [2.75, 3.05) is 0 Å². The van der Waals surface area contributed by atoms with Crippen molar-refractivity contribution in [3.63, 3.8) is 0 Å². The molecule has 5 heterocycles. The fourth-order valence-corrected chi connectivity index (χ4v) is 8.64. The Balaban J connectivity index is 1.48. The molecule has 4 nitrogen and oxygen atoms in total. The number of hydrogen-bond acceptors (Lipinski definition) is 4. The molecule has 5 aliphatic heterocycles. The van der Waals surface area contributed by atoms with E-state index < -0.39 is 0 Å². The largest absolute Gasteiger partial charge is 0.310 e. The maximum atomic E-state index is 4.20. The van der Waals surface area contributed by atoms with Crippen LogP contribution in [0.1, 0.15) is 107 Å². The van der Waals surface area contributed by atoms with Gasteiger partial charge in [0.05, 0.1) is 0 Å². The van der Waals surface area contributed by atoms with Crippen LogP contribution in [0.3, 0.4) is 0 Å². The van der Waals surface area contributed by atoms with E-state index in [0.717, 1.165) is 0 Å². The van der Waals surface area contributed by atoms with Crippen molar-refractivity contribution in [3.05, 3.63) is 0 Å². The smallest absolute Gasteiger partial charge is 0.0136 e. The maximum absolute atomic E-state index is 4.20. The third-order valence-electron chi connectivity index (χ3n) is 11.8. The molecular formula is C28H52N4. The standard InChI is InChI=1S/C28H52N4/c1-25(2)17-9-11-19(29-17)26(3,4)21-13-15-23(31-21)28(7,8)24-16-14-22(32-24)27(5,6)20-12-10-18(25)30-20/h17-24,29-32H,9-16H2,1-8H3. The summed E-state index contributed by atoms with van der Waals surface area (Å²) in [4.78, 5) is 0. The second-order valence-corrected chi connectivity index (χ2v) is 14.7. The Kier molecular flexibility index (Phi) is 5.65. The van der Waals surface area contributed by atoms with Gasteiger partial charge in [0.2, 0.25) is 0 Å². The predicted octanol–water partition coefficient (Wildman–Crippen LogP) is 4.59. The molecule has 184 valence electrons. The molecule has 0 saturated carbocycles. The molecule has 0 radical (unpaired) electrons. The van der Waals surface area contributed by atoms with E-state index in [4.69, 9.17) is 0 Å². The van der Waals surface area contributed by atoms with Crippen LogP contribution in [0.2, 0.25) is 0 Å². The molecule has 0 aromatic carbocycles. The summed E-state index contributed by atoms with van der Waals surface area (Å²) in [6.07, 6.45) is 10.6. The summed E-state index contributed by atoms with van der Waals surface area (Å²) in [5, 5.41) is 16.8. The topological polar surface area (TPSA) is 48.1 Å². The zero-order valence-electron chi connectivity index (χ0n) is 22.3. The summed E-state index contributed by atoms with van der Waals surface area (Å²) in [6, 6.07) is 4.90. The Morgan fingerprint density at radius 2 is 0.438 bits per heavy atom. The van der Waals surface area contributed by atoms with Crippen LogP contribution in [-0.4, -0.2) is 48.3 Å². The Hall–Kier alpha value is -0.160. The summed E-state index contributed by atoms with van der Waals surface area (Å²) in [6.45, 7) is 20.3. The number of fused-ring (bicyclic) bond motifs is 8. The van der Waals surface area contributed by atoms with Gasteiger partial charge in [-0.1, -0.05) is 55.4 Å². The highest BCUT2D eigenvalue weighted by atomic mass is 15.1. The first-order valence-electron chi connectivity index (χ1n) is 13.9. The summed E-state index contributed by atoms with van der Waals surface area (Å²) in [5.41, 5.74) is 1.13. The van der Waals surface area contributed by atoms with Crippen LogP contribution < -0.4 is 21.3 Å². The van der Waals surface area contributed by atoms with E-state index in [2.05, 4.69) is 76.7 Å². The molecule has 0 aromatic rings. The summed E-state index contributed by atoms with van der Waals surface area (Å²) >= 11 is 0. The molecule has 0 amide bonds. The van der Waals surface area contributed by atoms with Crippen LogP contribution in [0.25, 0.3) is 0 Å². The van der Waals surface area contributed by atoms with Gasteiger partial charge in [-0.2, -0.15) is 0 Å². The zero-order valence-corrected chi connectivity index (χ0v) is 22.3. The van der Waals surface area contributed by atoms with Crippen molar-refractivity contribution in [2.45, 2.75) is 155 Å². The van der Waals surface area contributed by atoms with Gasteiger partial charge >= 0.3 is 0 Å². The van der Waals surface area contributed by atoms with E-state index in [0.29, 0.717) is 48.3 Å². The third kappa shape index (κ3) is 3.53. The molecular weight excluding hydrogens is 392 g/mol. The monoisotopic (exact) mass is 444 g/mol. The van der Waals surface area contributed by atoms with E-state index in [-0.39, 0.29) is 21.7 Å². The van der Waals surface area contributed by atoms with Crippen molar-refractivity contribution in [3.8, 4) is 0 Å². The maximum Gasteiger partial charge on any atom is 0.0136 e. The Labute approximate surface area is 198 Å². The lowest BCUT2D eigenvalue weighted by Crippen LogP contribution is -2.60. The van der Waals surface area contributed by atoms with E-state index in [1.165, 1.54) is 51.4 Å². The Morgan fingerprint density at radius 3 is 0.562 bits per heavy atom. The van der Waals surface area contributed by atoms with E-state index in [9.17, 15) is 0 Å². The van der Waals surface area contributed by atoms with Crippen molar-refractivity contribution in [1.82, 2.24) is 21.3 Å². The highest BCUT2D eigenvalue weighted by molar-refractivity contribution is 5.12. The summed E-state index contributed by atoms with van der Waals surface area (Å²) in [5.74, 6) is 0. The minimum Gasteiger partial charge on any atom is -0.310 e. The summed E-state index contributed by atoms with van der Waals surface area (Å²) in [7, 11) is 0. The van der Waals surface area contributed by atoms with Crippen molar-refractivity contribution in [1.29, 1.82) is 0 Å². The third-order valence-corrected chi connectivity index (χ3v) is 11.8. The lowest BCUT2D eigenvalue weighted by molar-refractivity contribution is 0.116. The molecule has 0 aliphatic carbocycles. The highest BCUT2D eigenvalue weighted by Crippen LogP contribution is 2.48. The van der Waals surface area contributed by atoms with Crippen LogP contribution >= 0.6 is 0 Å². The Bertz CT molecular complexity index is 542. The van der Waals surface area contributed by atoms with Gasteiger partial charge in [0.1, 0.15) is 0 Å². The normalized spacial score (nSPS) is 48.8. The quantitative estimate of drug-likeness (QED) is 0.441. The molecule has 0 spiro atoms. The molecule has 32 heavy (non-hydrogen) atoms. The van der Waals surface area contributed by atoms with Gasteiger partial charge in [-0.25, -0.2) is 0 Å². The molecule has 4 heteroatoms. The second-order valence-electron chi connectivity index (χ2n) is 14.7. The summed E-state index contributed by atoms with van der Waals surface area (Å²) < 4.78 is 0. The van der Waals surface area contributed by atoms with E-state index in [1.54, 1.807) is 0 Å². The fourth-order valence-electron chi connectivity index (χ4n) is 8.64. The van der Waals surface area contributed by atoms with Gasteiger partial charge in [0, 0.05) is 48.3 Å². The lowest BCUT2D eigenvalue weighted by Gasteiger charge is -2.45. The first-order chi connectivity index (χ1) is 14.8. The van der Waals surface area contributed by atoms with Gasteiger partial charge in [-0.15, -0.1) is 0 Å². The fraction of sp³-hybridized carbons (Fsp3) is 1.00. The first kappa shape index (κ1) is 23.6. The molecule has 5 saturated heterocycles. The molecule has 8 unspecified atom stereocenters. The first-order valence-corrected chi connectivity index (χ1v) is 13.9. The molecule has 5 fully saturated rings. The van der Waals surface area contributed by atoms with Crippen LogP contribution in [-0.2, 0) is 0 Å². The predicted molar refractivity (Wildman–Crippen MR) is 135 cm³/mol. The molecule has 4 N–H and O–H groups in total. The van der Waals surface area contributed by atoms with E-state index in [1.807, 2.05) is 0 Å². The van der Waals surface area contributed by atoms with Crippen molar-refractivity contribution < 1.29 is 0 Å². The molecule has 5 aliphatic rings. The molecule has 0 aromatic heterocycles. The van der Waals surface area contributed by atoms with Crippen molar-refractivity contribution in [2.24, 2.45) is 21.7 Å². The average molecular weight is 445 g/mol. The number of hydrogen-bond donors (Lipinski definition) is 4. The number of nitrogens with one attached hydrogen (secondary N) is 4. The van der Waals surface area contributed by atoms with Gasteiger partial charge in [-0.05, 0) is 73.0 Å². The van der Waals surface area contributed by atoms with Crippen LogP contribution in [0, 0.1) is 21.7 Å². The highest BCUT2D eigenvalue weighted by Gasteiger charge is 2.54. The van der Waals surface area contributed by atoms with Crippen molar-refractivity contribution >= 4 is 0 Å². The van der Waals surface area contributed by atoms with Gasteiger partial charge < -0.3 is 21.3 Å². The van der Waals surface area contributed by atoms with E-state index >= 15 is 0 Å². The minimum absolute atomic E-state index is 0.284. The van der Waals surface area contributed by atoms with Gasteiger partial charge in [0.15, 0.2) is 0 Å². The molecule has 8 atom stereocenters. The molecule has 8 bridgehead atoms. The number of rotatable bonds is 0. The molecule has 5 rings (SSSR count). The van der Waals surface area contributed by atoms with Crippen LogP contribution in [0.4, 0.5) is 0 Å². The van der Waals surface area contributed by atoms with Gasteiger partial charge in [-0.3, -0.25) is 0 Å². The van der Waals surface area contributed by atoms with Crippen LogP contribution in [0.15, 0.2) is 0 Å². The second kappa shape index (κ2) is 7.67. The lowest BCUT2D eigenvalue weighted by atomic mass is 9.76. The minimum atomic E-state index is 0.284. The van der Waals surface area contributed by atoms with Crippen LogP contribution in [0.5, 0.6) is 0 Å². The SMILES string of the molecule is CC1(C)C2CCC(N2)C(C)(C)C2CCC(N2)C(C)(C)C2CCC(N2)C(C)(C)C2CCC1N2.